The summed E-state index contributed by atoms with van der Waals surface area (Å²) < 4.78 is 6.46. The predicted molar refractivity (Wildman–Crippen MR) is 112 cm³/mol. The quantitative estimate of drug-likeness (QED) is 0.489. The summed E-state index contributed by atoms with van der Waals surface area (Å²) in [6.07, 6.45) is 3.48. The van der Waals surface area contributed by atoms with Gasteiger partial charge in [0.25, 0.3) is 5.91 Å². The largest absolute Gasteiger partial charge is 0.496 e. The van der Waals surface area contributed by atoms with E-state index in [4.69, 9.17) is 9.72 Å². The number of fused-ring (bicyclic) bond motifs is 1. The Bertz CT molecular complexity index is 1130. The molecule has 1 amide bonds. The minimum absolute atomic E-state index is 0.155. The molecule has 0 atom stereocenters. The molecule has 6 heteroatoms. The summed E-state index contributed by atoms with van der Waals surface area (Å²) in [7, 11) is 1.57. The van der Waals surface area contributed by atoms with E-state index in [0.717, 1.165) is 21.3 Å². The maximum Gasteiger partial charge on any atom is 0.264 e. The van der Waals surface area contributed by atoms with Crippen molar-refractivity contribution in [1.29, 1.82) is 0 Å². The Morgan fingerprint density at radius 3 is 2.71 bits per heavy atom. The second kappa shape index (κ2) is 7.78. The molecule has 0 radical (unpaired) electrons. The topological polar surface area (TPSA) is 55.3 Å². The lowest BCUT2D eigenvalue weighted by atomic mass is 10.1. The molecular weight excluding hydrogens is 370 g/mol. The highest BCUT2D eigenvalue weighted by Crippen LogP contribution is 2.33. The average molecular weight is 389 g/mol. The van der Waals surface area contributed by atoms with Gasteiger partial charge in [-0.3, -0.25) is 14.7 Å². The van der Waals surface area contributed by atoms with Gasteiger partial charge in [-0.25, -0.2) is 4.98 Å². The van der Waals surface area contributed by atoms with Gasteiger partial charge >= 0.3 is 0 Å². The number of carbonyl (C=O) groups is 1. The number of aryl methyl sites for hydroxylation is 1. The molecular formula is C22H19N3O2S. The Labute approximate surface area is 167 Å². The highest BCUT2D eigenvalue weighted by Gasteiger charge is 2.24. The van der Waals surface area contributed by atoms with Crippen LogP contribution in [0, 0.1) is 6.92 Å². The molecule has 0 spiro atoms. The molecule has 4 aromatic rings. The number of carbonyl (C=O) groups excluding carboxylic acids is 1. The van der Waals surface area contributed by atoms with Crippen molar-refractivity contribution >= 4 is 32.6 Å². The predicted octanol–water partition coefficient (Wildman–Crippen LogP) is 4.86. The number of nitrogens with zero attached hydrogens (tertiary/aromatic N) is 3. The van der Waals surface area contributed by atoms with Crippen LogP contribution < -0.4 is 9.64 Å². The molecule has 5 nitrogen and oxygen atoms in total. The Hall–Kier alpha value is -3.25. The van der Waals surface area contributed by atoms with Crippen molar-refractivity contribution in [3.63, 3.8) is 0 Å². The molecule has 0 aliphatic carbocycles. The Morgan fingerprint density at radius 1 is 1.11 bits per heavy atom. The van der Waals surface area contributed by atoms with Crippen LogP contribution >= 0.6 is 11.3 Å². The lowest BCUT2D eigenvalue weighted by molar-refractivity contribution is 0.0982. The summed E-state index contributed by atoms with van der Waals surface area (Å²) in [5, 5.41) is 0.657. The third kappa shape index (κ3) is 3.46. The smallest absolute Gasteiger partial charge is 0.264 e. The third-order valence-corrected chi connectivity index (χ3v) is 5.53. The fourth-order valence-corrected chi connectivity index (χ4v) is 4.10. The molecule has 0 saturated heterocycles. The number of rotatable bonds is 5. The van der Waals surface area contributed by atoms with Crippen LogP contribution in [0.2, 0.25) is 0 Å². The van der Waals surface area contributed by atoms with Gasteiger partial charge in [-0.05, 0) is 42.3 Å². The first-order valence-corrected chi connectivity index (χ1v) is 9.69. The Kier molecular flexibility index (Phi) is 5.04. The van der Waals surface area contributed by atoms with E-state index in [1.54, 1.807) is 36.5 Å². The van der Waals surface area contributed by atoms with Gasteiger partial charge in [0.1, 0.15) is 5.75 Å². The van der Waals surface area contributed by atoms with Crippen molar-refractivity contribution in [3.8, 4) is 5.75 Å². The van der Waals surface area contributed by atoms with Crippen molar-refractivity contribution in [2.24, 2.45) is 0 Å². The van der Waals surface area contributed by atoms with Crippen molar-refractivity contribution < 1.29 is 9.53 Å². The van der Waals surface area contributed by atoms with E-state index in [0.29, 0.717) is 23.0 Å². The number of aromatic nitrogens is 2. The minimum atomic E-state index is -0.155. The van der Waals surface area contributed by atoms with Crippen molar-refractivity contribution in [1.82, 2.24) is 9.97 Å². The lowest BCUT2D eigenvalue weighted by Crippen LogP contribution is -2.30. The second-order valence-electron chi connectivity index (χ2n) is 6.37. The van der Waals surface area contributed by atoms with Gasteiger partial charge in [0.15, 0.2) is 5.13 Å². The first-order chi connectivity index (χ1) is 13.7. The fraction of sp³-hybridized carbons (Fsp3) is 0.136. The van der Waals surface area contributed by atoms with Gasteiger partial charge < -0.3 is 4.74 Å². The molecule has 0 fully saturated rings. The number of methoxy groups -OCH3 is 1. The van der Waals surface area contributed by atoms with Crippen LogP contribution in [-0.2, 0) is 6.54 Å². The van der Waals surface area contributed by atoms with E-state index in [2.05, 4.69) is 4.98 Å². The van der Waals surface area contributed by atoms with Gasteiger partial charge in [0, 0.05) is 12.4 Å². The molecule has 2 aromatic carbocycles. The number of hydrogen-bond donors (Lipinski definition) is 0. The summed E-state index contributed by atoms with van der Waals surface area (Å²) in [5.74, 6) is 0.388. The standard InChI is InChI=1S/C22H19N3O2S/c1-15-7-5-11-19-20(15)24-22(28-19)25(14-16-8-6-12-23-13-16)21(26)17-9-3-4-10-18(17)27-2/h3-13H,14H2,1-2H3. The van der Waals surface area contributed by atoms with Gasteiger partial charge in [-0.2, -0.15) is 0 Å². The van der Waals surface area contributed by atoms with E-state index in [1.165, 1.54) is 11.3 Å². The number of anilines is 1. The second-order valence-corrected chi connectivity index (χ2v) is 7.38. The summed E-state index contributed by atoms with van der Waals surface area (Å²) in [6.45, 7) is 2.41. The Morgan fingerprint density at radius 2 is 1.96 bits per heavy atom. The molecule has 4 rings (SSSR count). The average Bonchev–Trinajstić information content (AvgIpc) is 3.17. The van der Waals surface area contributed by atoms with Crippen LogP contribution in [0.3, 0.4) is 0 Å². The lowest BCUT2D eigenvalue weighted by Gasteiger charge is -2.21. The Balaban J connectivity index is 1.81. The number of amides is 1. The van der Waals surface area contributed by atoms with E-state index >= 15 is 0 Å². The molecule has 0 unspecified atom stereocenters. The first kappa shape index (κ1) is 18.1. The van der Waals surface area contributed by atoms with Crippen molar-refractivity contribution in [2.45, 2.75) is 13.5 Å². The molecule has 140 valence electrons. The van der Waals surface area contributed by atoms with E-state index in [9.17, 15) is 4.79 Å². The highest BCUT2D eigenvalue weighted by atomic mass is 32.1. The van der Waals surface area contributed by atoms with Crippen LogP contribution in [0.5, 0.6) is 5.75 Å². The molecule has 2 aromatic heterocycles. The monoisotopic (exact) mass is 389 g/mol. The fourth-order valence-electron chi connectivity index (χ4n) is 3.06. The van der Waals surface area contributed by atoms with Gasteiger partial charge in [-0.15, -0.1) is 0 Å². The molecule has 0 aliphatic rings. The van der Waals surface area contributed by atoms with Crippen LogP contribution in [-0.4, -0.2) is 23.0 Å². The molecule has 28 heavy (non-hydrogen) atoms. The zero-order valence-corrected chi connectivity index (χ0v) is 16.4. The summed E-state index contributed by atoms with van der Waals surface area (Å²) in [6, 6.07) is 17.1. The van der Waals surface area contributed by atoms with Crippen LogP contribution in [0.25, 0.3) is 10.2 Å². The molecule has 0 N–H and O–H groups in total. The molecule has 0 bridgehead atoms. The van der Waals surface area contributed by atoms with E-state index < -0.39 is 0 Å². The van der Waals surface area contributed by atoms with E-state index in [-0.39, 0.29) is 5.91 Å². The number of benzene rings is 2. The summed E-state index contributed by atoms with van der Waals surface area (Å²) in [4.78, 5) is 24.1. The minimum Gasteiger partial charge on any atom is -0.496 e. The number of hydrogen-bond acceptors (Lipinski definition) is 5. The van der Waals surface area contributed by atoms with Crippen LogP contribution in [0.15, 0.2) is 67.0 Å². The van der Waals surface area contributed by atoms with Crippen molar-refractivity contribution in [2.75, 3.05) is 12.0 Å². The molecule has 0 aliphatic heterocycles. The number of ether oxygens (including phenoxy) is 1. The number of pyridine rings is 1. The number of thiazole rings is 1. The van der Waals surface area contributed by atoms with E-state index in [1.807, 2.05) is 49.4 Å². The third-order valence-electron chi connectivity index (χ3n) is 4.49. The zero-order valence-electron chi connectivity index (χ0n) is 15.6. The summed E-state index contributed by atoms with van der Waals surface area (Å²) in [5.41, 5.74) is 3.45. The van der Waals surface area contributed by atoms with Crippen LogP contribution in [0.4, 0.5) is 5.13 Å². The molecule has 2 heterocycles. The number of para-hydroxylation sites is 2. The van der Waals surface area contributed by atoms with Gasteiger partial charge in [-0.1, -0.05) is 41.7 Å². The molecule has 0 saturated carbocycles. The normalized spacial score (nSPS) is 10.8. The first-order valence-electron chi connectivity index (χ1n) is 8.87. The summed E-state index contributed by atoms with van der Waals surface area (Å²) >= 11 is 1.51. The van der Waals surface area contributed by atoms with Crippen LogP contribution in [0.1, 0.15) is 21.5 Å². The maximum absolute atomic E-state index is 13.5. The van der Waals surface area contributed by atoms with Crippen molar-refractivity contribution in [3.05, 3.63) is 83.7 Å². The zero-order chi connectivity index (χ0) is 19.5. The highest BCUT2D eigenvalue weighted by molar-refractivity contribution is 7.22. The van der Waals surface area contributed by atoms with Gasteiger partial charge in [0.2, 0.25) is 0 Å². The SMILES string of the molecule is COc1ccccc1C(=O)N(Cc1cccnc1)c1nc2c(C)cccc2s1. The van der Waals surface area contributed by atoms with Gasteiger partial charge in [0.05, 0.1) is 29.4 Å². The maximum atomic E-state index is 13.5.